The first kappa shape index (κ1) is 24.8. The zero-order valence-corrected chi connectivity index (χ0v) is 19.9. The number of anilines is 1. The van der Waals surface area contributed by atoms with E-state index in [1.807, 2.05) is 6.07 Å². The maximum Gasteiger partial charge on any atom is 0.344 e. The Morgan fingerprint density at radius 3 is 2.62 bits per heavy atom. The summed E-state index contributed by atoms with van der Waals surface area (Å²) in [5.41, 5.74) is 1.94. The van der Waals surface area contributed by atoms with Crippen molar-refractivity contribution >= 4 is 34.3 Å². The molecule has 1 aliphatic rings. The fraction of sp³-hybridized carbons (Fsp3) is 0.360. The summed E-state index contributed by atoms with van der Waals surface area (Å²) in [5.74, 6) is -0.365. The molecule has 2 aromatic rings. The van der Waals surface area contributed by atoms with Crippen molar-refractivity contribution in [3.05, 3.63) is 45.3 Å². The molecule has 1 N–H and O–H groups in total. The monoisotopic (exact) mass is 479 g/mol. The number of esters is 1. The number of nitrogens with zero attached hydrogens (tertiary/aromatic N) is 2. The predicted molar refractivity (Wildman–Crippen MR) is 128 cm³/mol. The van der Waals surface area contributed by atoms with E-state index in [9.17, 15) is 20.1 Å². The van der Waals surface area contributed by atoms with E-state index < -0.39 is 11.9 Å². The van der Waals surface area contributed by atoms with Gasteiger partial charge in [-0.3, -0.25) is 4.79 Å². The first-order valence-electron chi connectivity index (χ1n) is 11.0. The molecule has 34 heavy (non-hydrogen) atoms. The van der Waals surface area contributed by atoms with Crippen LogP contribution < -0.4 is 14.8 Å². The van der Waals surface area contributed by atoms with Gasteiger partial charge in [0.1, 0.15) is 22.7 Å². The lowest BCUT2D eigenvalue weighted by atomic mass is 9.96. The minimum atomic E-state index is -0.585. The number of aryl methyl sites for hydroxylation is 1. The normalized spacial score (nSPS) is 12.6. The van der Waals surface area contributed by atoms with Crippen LogP contribution in [0.1, 0.15) is 48.3 Å². The zero-order chi connectivity index (χ0) is 24.5. The number of amides is 1. The van der Waals surface area contributed by atoms with Gasteiger partial charge in [-0.25, -0.2) is 4.79 Å². The molecule has 176 valence electrons. The van der Waals surface area contributed by atoms with Crippen LogP contribution >= 0.6 is 11.3 Å². The lowest BCUT2D eigenvalue weighted by Crippen LogP contribution is -2.15. The van der Waals surface area contributed by atoms with E-state index in [0.717, 1.165) is 36.1 Å². The Morgan fingerprint density at radius 2 is 1.91 bits per heavy atom. The number of fused-ring (bicyclic) bond motifs is 1. The Morgan fingerprint density at radius 1 is 1.12 bits per heavy atom. The summed E-state index contributed by atoms with van der Waals surface area (Å²) in [5, 5.41) is 22.4. The fourth-order valence-corrected chi connectivity index (χ4v) is 4.83. The number of nitrogens with one attached hydrogen (secondary N) is 1. The molecule has 0 radical (unpaired) electrons. The maximum atomic E-state index is 12.8. The highest BCUT2D eigenvalue weighted by atomic mass is 32.1. The Hall–Kier alpha value is -3.82. The highest BCUT2D eigenvalue weighted by Gasteiger charge is 2.23. The molecule has 0 fully saturated rings. The van der Waals surface area contributed by atoms with Crippen molar-refractivity contribution < 1.29 is 23.8 Å². The Kier molecular flexibility index (Phi) is 8.66. The van der Waals surface area contributed by atoms with Gasteiger partial charge in [0.25, 0.3) is 5.91 Å². The van der Waals surface area contributed by atoms with Crippen molar-refractivity contribution in [1.29, 1.82) is 10.5 Å². The number of carbonyl (C=O) groups excluding carboxylic acids is 2. The van der Waals surface area contributed by atoms with Crippen LogP contribution in [0.5, 0.6) is 11.5 Å². The number of hydrogen-bond acceptors (Lipinski definition) is 8. The molecular weight excluding hydrogens is 454 g/mol. The average molecular weight is 480 g/mol. The molecule has 9 heteroatoms. The largest absolute Gasteiger partial charge is 0.490 e. The lowest BCUT2D eigenvalue weighted by molar-refractivity contribution is -0.145. The minimum Gasteiger partial charge on any atom is -0.490 e. The Labute approximate surface area is 202 Å². The highest BCUT2D eigenvalue weighted by Crippen LogP contribution is 2.38. The molecular formula is C25H25N3O5S. The summed E-state index contributed by atoms with van der Waals surface area (Å²) in [6.07, 6.45) is 5.26. The number of nitriles is 2. The molecule has 0 bridgehead atoms. The quantitative estimate of drug-likeness (QED) is 0.322. The molecule has 0 spiro atoms. The van der Waals surface area contributed by atoms with Gasteiger partial charge in [0, 0.05) is 4.88 Å². The number of thiophene rings is 1. The third kappa shape index (κ3) is 5.94. The maximum absolute atomic E-state index is 12.8. The van der Waals surface area contributed by atoms with Crippen LogP contribution in [0.25, 0.3) is 6.08 Å². The van der Waals surface area contributed by atoms with Gasteiger partial charge in [-0.2, -0.15) is 10.5 Å². The second-order valence-corrected chi connectivity index (χ2v) is 8.49. The topological polar surface area (TPSA) is 121 Å². The van der Waals surface area contributed by atoms with Gasteiger partial charge in [0.2, 0.25) is 0 Å². The van der Waals surface area contributed by atoms with Crippen molar-refractivity contribution in [2.75, 3.05) is 25.1 Å². The molecule has 8 nitrogen and oxygen atoms in total. The van der Waals surface area contributed by atoms with Gasteiger partial charge >= 0.3 is 5.97 Å². The molecule has 1 heterocycles. The standard InChI is InChI=1S/C25H25N3O5S/c1-3-31-21-12-16(9-10-20(21)33-15-23(29)32-4-2)11-17(13-26)24(30)28-25-19(14-27)18-7-5-6-8-22(18)34-25/h9-12H,3-8,15H2,1-2H3,(H,28,30). The van der Waals surface area contributed by atoms with E-state index in [4.69, 9.17) is 14.2 Å². The summed E-state index contributed by atoms with van der Waals surface area (Å²) in [7, 11) is 0. The smallest absolute Gasteiger partial charge is 0.344 e. The third-order valence-corrected chi connectivity index (χ3v) is 6.31. The lowest BCUT2D eigenvalue weighted by Gasteiger charge is -2.12. The fourth-order valence-electron chi connectivity index (χ4n) is 3.60. The summed E-state index contributed by atoms with van der Waals surface area (Å²) in [6, 6.07) is 9.01. The van der Waals surface area contributed by atoms with Crippen LogP contribution in [0.4, 0.5) is 5.00 Å². The summed E-state index contributed by atoms with van der Waals surface area (Å²) in [4.78, 5) is 25.5. The molecule has 0 atom stereocenters. The molecule has 1 aromatic heterocycles. The van der Waals surface area contributed by atoms with Gasteiger partial charge in [0.05, 0.1) is 18.8 Å². The first-order valence-corrected chi connectivity index (χ1v) is 11.8. The predicted octanol–water partition coefficient (Wildman–Crippen LogP) is 4.38. The summed E-state index contributed by atoms with van der Waals surface area (Å²) < 4.78 is 15.9. The SMILES string of the molecule is CCOC(=O)COc1ccc(C=C(C#N)C(=O)Nc2sc3c(c2C#N)CCCC3)cc1OCC. The van der Waals surface area contributed by atoms with E-state index in [1.165, 1.54) is 17.4 Å². The van der Waals surface area contributed by atoms with E-state index in [0.29, 0.717) is 34.2 Å². The molecule has 3 rings (SSSR count). The molecule has 1 aromatic carbocycles. The summed E-state index contributed by atoms with van der Waals surface area (Å²) in [6.45, 7) is 3.86. The second-order valence-electron chi connectivity index (χ2n) is 7.38. The van der Waals surface area contributed by atoms with Crippen LogP contribution in [0.2, 0.25) is 0 Å². The van der Waals surface area contributed by atoms with Crippen LogP contribution in [-0.4, -0.2) is 31.7 Å². The second kappa shape index (κ2) is 11.9. The van der Waals surface area contributed by atoms with E-state index in [2.05, 4.69) is 11.4 Å². The van der Waals surface area contributed by atoms with Crippen molar-refractivity contribution in [2.45, 2.75) is 39.5 Å². The number of rotatable bonds is 9. The minimum absolute atomic E-state index is 0.113. The molecule has 0 saturated heterocycles. The van der Waals surface area contributed by atoms with Gasteiger partial charge in [0.15, 0.2) is 18.1 Å². The van der Waals surface area contributed by atoms with Crippen LogP contribution in [0, 0.1) is 22.7 Å². The first-order chi connectivity index (χ1) is 16.5. The number of ether oxygens (including phenoxy) is 3. The van der Waals surface area contributed by atoms with Gasteiger partial charge < -0.3 is 19.5 Å². The highest BCUT2D eigenvalue weighted by molar-refractivity contribution is 7.16. The number of benzene rings is 1. The van der Waals surface area contributed by atoms with E-state index >= 15 is 0 Å². The number of hydrogen-bond donors (Lipinski definition) is 1. The van der Waals surface area contributed by atoms with Crippen LogP contribution in [-0.2, 0) is 27.2 Å². The van der Waals surface area contributed by atoms with Gasteiger partial charge in [-0.15, -0.1) is 11.3 Å². The average Bonchev–Trinajstić information content (AvgIpc) is 3.19. The van der Waals surface area contributed by atoms with Gasteiger partial charge in [-0.1, -0.05) is 6.07 Å². The van der Waals surface area contributed by atoms with E-state index in [1.54, 1.807) is 32.0 Å². The van der Waals surface area contributed by atoms with Crippen LogP contribution in [0.3, 0.4) is 0 Å². The molecule has 0 saturated carbocycles. The molecule has 1 aliphatic carbocycles. The Bertz CT molecular complexity index is 1190. The van der Waals surface area contributed by atoms with Crippen molar-refractivity contribution in [2.24, 2.45) is 0 Å². The van der Waals surface area contributed by atoms with Crippen molar-refractivity contribution in [3.63, 3.8) is 0 Å². The van der Waals surface area contributed by atoms with Crippen molar-refractivity contribution in [3.8, 4) is 23.6 Å². The number of carbonyl (C=O) groups is 2. The third-order valence-electron chi connectivity index (χ3n) is 5.10. The van der Waals surface area contributed by atoms with E-state index in [-0.39, 0.29) is 18.8 Å². The zero-order valence-electron chi connectivity index (χ0n) is 19.1. The summed E-state index contributed by atoms with van der Waals surface area (Å²) >= 11 is 1.41. The Balaban J connectivity index is 1.80. The molecule has 0 unspecified atom stereocenters. The van der Waals surface area contributed by atoms with Gasteiger partial charge in [-0.05, 0) is 68.9 Å². The molecule has 0 aliphatic heterocycles. The van der Waals surface area contributed by atoms with Crippen molar-refractivity contribution in [1.82, 2.24) is 0 Å². The molecule has 1 amide bonds. The van der Waals surface area contributed by atoms with Crippen LogP contribution in [0.15, 0.2) is 23.8 Å².